The monoisotopic (exact) mass is 294 g/mol. The molecule has 0 unspecified atom stereocenters. The van der Waals surface area contributed by atoms with E-state index in [4.69, 9.17) is 5.11 Å². The third kappa shape index (κ3) is 2.69. The summed E-state index contributed by atoms with van der Waals surface area (Å²) < 4.78 is 0. The Morgan fingerprint density at radius 1 is 1.14 bits per heavy atom. The van der Waals surface area contributed by atoms with Crippen molar-refractivity contribution < 1.29 is 15.0 Å². The number of anilines is 2. The van der Waals surface area contributed by atoms with E-state index in [-0.39, 0.29) is 11.3 Å². The molecule has 0 bridgehead atoms. The molecule has 0 radical (unpaired) electrons. The SMILES string of the molecule is Cc1cc(Nc2cccc(O)c2)c2ccc(C(=O)O)cc2n1. The fourth-order valence-corrected chi connectivity index (χ4v) is 2.34. The minimum atomic E-state index is -0.979. The number of aromatic hydroxyl groups is 1. The molecule has 2 aromatic carbocycles. The van der Waals surface area contributed by atoms with E-state index in [9.17, 15) is 9.90 Å². The number of nitrogens with zero attached hydrogens (tertiary/aromatic N) is 1. The van der Waals surface area contributed by atoms with Crippen LogP contribution in [0.3, 0.4) is 0 Å². The van der Waals surface area contributed by atoms with Crippen molar-refractivity contribution in [3.63, 3.8) is 0 Å². The van der Waals surface area contributed by atoms with Crippen molar-refractivity contribution in [2.45, 2.75) is 6.92 Å². The number of phenolic OH excluding ortho intramolecular Hbond substituents is 1. The van der Waals surface area contributed by atoms with Crippen molar-refractivity contribution in [1.82, 2.24) is 4.98 Å². The lowest BCUT2D eigenvalue weighted by atomic mass is 10.1. The van der Waals surface area contributed by atoms with Gasteiger partial charge in [0.25, 0.3) is 0 Å². The predicted molar refractivity (Wildman–Crippen MR) is 84.8 cm³/mol. The maximum Gasteiger partial charge on any atom is 0.335 e. The largest absolute Gasteiger partial charge is 0.508 e. The fourth-order valence-electron chi connectivity index (χ4n) is 2.34. The molecule has 0 amide bonds. The van der Waals surface area contributed by atoms with Gasteiger partial charge in [0.15, 0.2) is 0 Å². The van der Waals surface area contributed by atoms with Gasteiger partial charge in [0.1, 0.15) is 5.75 Å². The second kappa shape index (κ2) is 5.37. The third-order valence-corrected chi connectivity index (χ3v) is 3.31. The van der Waals surface area contributed by atoms with Crippen molar-refractivity contribution >= 4 is 28.2 Å². The van der Waals surface area contributed by atoms with Crippen LogP contribution in [0.1, 0.15) is 16.1 Å². The Labute approximate surface area is 126 Å². The Morgan fingerprint density at radius 2 is 1.95 bits per heavy atom. The zero-order chi connectivity index (χ0) is 15.7. The number of pyridine rings is 1. The first-order chi connectivity index (χ1) is 10.5. The van der Waals surface area contributed by atoms with E-state index in [1.807, 2.05) is 19.1 Å². The molecule has 5 nitrogen and oxygen atoms in total. The zero-order valence-electron chi connectivity index (χ0n) is 11.9. The van der Waals surface area contributed by atoms with E-state index in [0.29, 0.717) is 5.52 Å². The van der Waals surface area contributed by atoms with Crippen LogP contribution in [-0.4, -0.2) is 21.2 Å². The van der Waals surface area contributed by atoms with E-state index in [0.717, 1.165) is 22.5 Å². The number of hydrogen-bond donors (Lipinski definition) is 3. The lowest BCUT2D eigenvalue weighted by Gasteiger charge is -2.11. The molecule has 3 rings (SSSR count). The Morgan fingerprint density at radius 3 is 2.68 bits per heavy atom. The second-order valence-electron chi connectivity index (χ2n) is 5.02. The van der Waals surface area contributed by atoms with Gasteiger partial charge in [-0.05, 0) is 43.3 Å². The number of aromatic nitrogens is 1. The summed E-state index contributed by atoms with van der Waals surface area (Å²) in [7, 11) is 0. The van der Waals surface area contributed by atoms with Crippen molar-refractivity contribution in [1.29, 1.82) is 0 Å². The van der Waals surface area contributed by atoms with Gasteiger partial charge in [-0.1, -0.05) is 6.07 Å². The molecular formula is C17H14N2O3. The lowest BCUT2D eigenvalue weighted by molar-refractivity contribution is 0.0697. The summed E-state index contributed by atoms with van der Waals surface area (Å²) >= 11 is 0. The summed E-state index contributed by atoms with van der Waals surface area (Å²) in [6.45, 7) is 1.85. The molecule has 0 saturated carbocycles. The molecule has 0 spiro atoms. The predicted octanol–water partition coefficient (Wildman–Crippen LogP) is 3.69. The number of aromatic carboxylic acids is 1. The highest BCUT2D eigenvalue weighted by Crippen LogP contribution is 2.28. The summed E-state index contributed by atoms with van der Waals surface area (Å²) in [6.07, 6.45) is 0. The first-order valence-electron chi connectivity index (χ1n) is 6.74. The number of hydrogen-bond acceptors (Lipinski definition) is 4. The minimum Gasteiger partial charge on any atom is -0.508 e. The molecule has 1 heterocycles. The van der Waals surface area contributed by atoms with Gasteiger partial charge in [0.05, 0.1) is 11.1 Å². The number of carboxylic acids is 1. The molecule has 1 aromatic heterocycles. The summed E-state index contributed by atoms with van der Waals surface area (Å²) in [4.78, 5) is 15.5. The summed E-state index contributed by atoms with van der Waals surface area (Å²) in [5.74, 6) is -0.805. The van der Waals surface area contributed by atoms with Crippen LogP contribution < -0.4 is 5.32 Å². The molecule has 0 fully saturated rings. The standard InChI is InChI=1S/C17H14N2O3/c1-10-7-15(19-12-3-2-4-13(20)9-12)14-6-5-11(17(21)22)8-16(14)18-10/h2-9,20H,1H3,(H,18,19)(H,21,22). The minimum absolute atomic E-state index is 0.174. The van der Waals surface area contributed by atoms with Gasteiger partial charge in [0.2, 0.25) is 0 Å². The van der Waals surface area contributed by atoms with Crippen LogP contribution in [-0.2, 0) is 0 Å². The topological polar surface area (TPSA) is 82.5 Å². The Kier molecular flexibility index (Phi) is 3.39. The summed E-state index contributed by atoms with van der Waals surface area (Å²) in [5, 5.41) is 22.7. The van der Waals surface area contributed by atoms with E-state index < -0.39 is 5.97 Å². The van der Waals surface area contributed by atoms with Gasteiger partial charge >= 0.3 is 5.97 Å². The highest BCUT2D eigenvalue weighted by Gasteiger charge is 2.09. The van der Waals surface area contributed by atoms with Crippen LogP contribution >= 0.6 is 0 Å². The molecule has 22 heavy (non-hydrogen) atoms. The van der Waals surface area contributed by atoms with E-state index in [1.54, 1.807) is 36.4 Å². The first kappa shape index (κ1) is 13.9. The Bertz CT molecular complexity index is 875. The molecule has 0 saturated heterocycles. The molecule has 0 aliphatic rings. The quantitative estimate of drug-likeness (QED) is 0.686. The average molecular weight is 294 g/mol. The molecule has 0 atom stereocenters. The van der Waals surface area contributed by atoms with Gasteiger partial charge in [-0.2, -0.15) is 0 Å². The normalized spacial score (nSPS) is 10.6. The average Bonchev–Trinajstić information content (AvgIpc) is 2.46. The highest BCUT2D eigenvalue weighted by atomic mass is 16.4. The van der Waals surface area contributed by atoms with Crippen LogP contribution in [0, 0.1) is 6.92 Å². The van der Waals surface area contributed by atoms with Gasteiger partial charge in [-0.15, -0.1) is 0 Å². The van der Waals surface area contributed by atoms with Crippen molar-refractivity contribution in [2.75, 3.05) is 5.32 Å². The van der Waals surface area contributed by atoms with Crippen LogP contribution in [0.2, 0.25) is 0 Å². The van der Waals surface area contributed by atoms with Crippen LogP contribution in [0.4, 0.5) is 11.4 Å². The number of carboxylic acid groups (broad SMARTS) is 1. The number of carbonyl (C=O) groups is 1. The molecule has 3 aromatic rings. The van der Waals surface area contributed by atoms with E-state index in [2.05, 4.69) is 10.3 Å². The molecule has 0 aliphatic carbocycles. The highest BCUT2D eigenvalue weighted by molar-refractivity contribution is 5.98. The molecule has 110 valence electrons. The number of rotatable bonds is 3. The number of fused-ring (bicyclic) bond motifs is 1. The van der Waals surface area contributed by atoms with Gasteiger partial charge in [-0.3, -0.25) is 4.98 Å². The van der Waals surface area contributed by atoms with Gasteiger partial charge in [0, 0.05) is 28.5 Å². The lowest BCUT2D eigenvalue weighted by Crippen LogP contribution is -1.99. The molecule has 5 heteroatoms. The summed E-state index contributed by atoms with van der Waals surface area (Å²) in [5.41, 5.74) is 3.15. The fraction of sp³-hybridized carbons (Fsp3) is 0.0588. The zero-order valence-corrected chi connectivity index (χ0v) is 11.9. The van der Waals surface area contributed by atoms with Gasteiger partial charge in [-0.25, -0.2) is 4.79 Å². The number of benzene rings is 2. The van der Waals surface area contributed by atoms with Gasteiger partial charge < -0.3 is 15.5 Å². The van der Waals surface area contributed by atoms with Crippen molar-refractivity contribution in [3.05, 3.63) is 59.8 Å². The third-order valence-electron chi connectivity index (χ3n) is 3.31. The first-order valence-corrected chi connectivity index (χ1v) is 6.74. The van der Waals surface area contributed by atoms with Crippen molar-refractivity contribution in [3.8, 4) is 5.75 Å². The smallest absolute Gasteiger partial charge is 0.335 e. The molecule has 3 N–H and O–H groups in total. The number of phenols is 1. The maximum atomic E-state index is 11.1. The second-order valence-corrected chi connectivity index (χ2v) is 5.02. The van der Waals surface area contributed by atoms with E-state index in [1.165, 1.54) is 0 Å². The van der Waals surface area contributed by atoms with Crippen LogP contribution in [0.15, 0.2) is 48.5 Å². The molecule has 0 aliphatic heterocycles. The van der Waals surface area contributed by atoms with Crippen LogP contribution in [0.5, 0.6) is 5.75 Å². The van der Waals surface area contributed by atoms with Crippen molar-refractivity contribution in [2.24, 2.45) is 0 Å². The Balaban J connectivity index is 2.11. The Hall–Kier alpha value is -3.08. The molecular weight excluding hydrogens is 280 g/mol. The number of nitrogens with one attached hydrogen (secondary N) is 1. The van der Waals surface area contributed by atoms with Crippen LogP contribution in [0.25, 0.3) is 10.9 Å². The number of aryl methyl sites for hydroxylation is 1. The van der Waals surface area contributed by atoms with E-state index >= 15 is 0 Å². The summed E-state index contributed by atoms with van der Waals surface area (Å²) in [6, 6.07) is 13.5. The maximum absolute atomic E-state index is 11.1.